The third-order valence-electron chi connectivity index (χ3n) is 6.49. The van der Waals surface area contributed by atoms with Crippen molar-refractivity contribution in [2.45, 2.75) is 17.2 Å². The van der Waals surface area contributed by atoms with Gasteiger partial charge in [-0.05, 0) is 46.5 Å². The van der Waals surface area contributed by atoms with Crippen molar-refractivity contribution in [1.29, 1.82) is 0 Å². The van der Waals surface area contributed by atoms with Gasteiger partial charge in [-0.15, -0.1) is 4.73 Å². The van der Waals surface area contributed by atoms with Crippen LogP contribution in [0.15, 0.2) is 65.6 Å². The number of ether oxygens (including phenoxy) is 1. The van der Waals surface area contributed by atoms with Crippen molar-refractivity contribution in [2.75, 3.05) is 18.5 Å². The number of hydrogen-bond donors (Lipinski definition) is 4. The second kappa shape index (κ2) is 10.4. The molecule has 0 radical (unpaired) electrons. The third-order valence-corrected chi connectivity index (χ3v) is 7.34. The first-order valence-corrected chi connectivity index (χ1v) is 13.4. The molecule has 0 fully saturated rings. The van der Waals surface area contributed by atoms with Gasteiger partial charge in [-0.2, -0.15) is 8.42 Å². The van der Waals surface area contributed by atoms with Gasteiger partial charge in [0.25, 0.3) is 21.9 Å². The van der Waals surface area contributed by atoms with E-state index in [9.17, 15) is 42.4 Å². The lowest BCUT2D eigenvalue weighted by Crippen LogP contribution is -2.33. The van der Waals surface area contributed by atoms with Crippen molar-refractivity contribution in [3.8, 4) is 22.9 Å². The summed E-state index contributed by atoms with van der Waals surface area (Å²) < 4.78 is 38.7. The fourth-order valence-electron chi connectivity index (χ4n) is 4.59. The Labute approximate surface area is 231 Å². The van der Waals surface area contributed by atoms with E-state index in [-0.39, 0.29) is 24.5 Å². The molecule has 1 unspecified atom stereocenters. The first kappa shape index (κ1) is 27.4. The Morgan fingerprint density at radius 2 is 1.59 bits per heavy atom. The van der Waals surface area contributed by atoms with Crippen molar-refractivity contribution in [3.63, 3.8) is 0 Å². The van der Waals surface area contributed by atoms with Crippen LogP contribution in [0, 0.1) is 0 Å². The zero-order chi connectivity index (χ0) is 29.5. The maximum absolute atomic E-state index is 12.6. The number of benzene rings is 2. The van der Waals surface area contributed by atoms with E-state index < -0.39 is 51.7 Å². The average Bonchev–Trinajstić information content (AvgIpc) is 3.53. The second-order valence-electron chi connectivity index (χ2n) is 9.03. The van der Waals surface area contributed by atoms with Crippen molar-refractivity contribution in [2.24, 2.45) is 0 Å². The monoisotopic (exact) mass is 583 g/mol. The second-order valence-corrected chi connectivity index (χ2v) is 10.5. The van der Waals surface area contributed by atoms with E-state index in [0.29, 0.717) is 32.7 Å². The SMILES string of the molecule is O=C(CCN1C(=O)C=CC1=O)Nc1ccc2c(c1)C(COC(=O)On1c(O)ccc1O)c1ccc(S(=O)(=O)O)cc1-2. The number of amides is 3. The van der Waals surface area contributed by atoms with E-state index in [4.69, 9.17) is 9.57 Å². The summed E-state index contributed by atoms with van der Waals surface area (Å²) >= 11 is 0. The maximum atomic E-state index is 12.6. The van der Waals surface area contributed by atoms with Crippen LogP contribution in [0.3, 0.4) is 0 Å². The van der Waals surface area contributed by atoms with Crippen molar-refractivity contribution in [3.05, 3.63) is 71.8 Å². The number of hydrogen-bond acceptors (Lipinski definition) is 10. The minimum atomic E-state index is -4.52. The fourth-order valence-corrected chi connectivity index (χ4v) is 5.10. The number of anilines is 1. The highest BCUT2D eigenvalue weighted by atomic mass is 32.2. The van der Waals surface area contributed by atoms with Crippen LogP contribution in [0.5, 0.6) is 11.8 Å². The van der Waals surface area contributed by atoms with E-state index in [1.165, 1.54) is 18.2 Å². The number of carbonyl (C=O) groups is 4. The zero-order valence-corrected chi connectivity index (χ0v) is 21.7. The van der Waals surface area contributed by atoms with Crippen LogP contribution in [0.4, 0.5) is 10.5 Å². The molecule has 14 nitrogen and oxygen atoms in total. The molecule has 212 valence electrons. The molecule has 2 aromatic carbocycles. The number of imide groups is 1. The van der Waals surface area contributed by atoms with Gasteiger partial charge in [0.15, 0.2) is 0 Å². The standard InChI is InChI=1S/C26H21N3O11S/c30-21(9-10-28-22(31)5-6-23(28)32)27-14-1-3-16-18(11-14)20(17-4-2-15(12-19(16)17)41(36,37)38)13-39-26(35)40-29-24(33)7-8-25(29)34/h1-8,11-12,20,33-34H,9-10,13H2,(H,27,30)(H,36,37,38). The summed E-state index contributed by atoms with van der Waals surface area (Å²) in [5.41, 5.74) is 2.41. The van der Waals surface area contributed by atoms with Gasteiger partial charge in [0, 0.05) is 48.9 Å². The smallest absolute Gasteiger partial charge is 0.492 e. The van der Waals surface area contributed by atoms with Crippen LogP contribution >= 0.6 is 0 Å². The Kier molecular flexibility index (Phi) is 6.98. The molecule has 0 spiro atoms. The van der Waals surface area contributed by atoms with Crippen molar-refractivity contribution < 1.29 is 51.9 Å². The molecule has 2 aliphatic rings. The first-order valence-electron chi connectivity index (χ1n) is 12.0. The van der Waals surface area contributed by atoms with E-state index >= 15 is 0 Å². The molecule has 0 saturated heterocycles. The molecule has 2 heterocycles. The third kappa shape index (κ3) is 5.48. The van der Waals surface area contributed by atoms with E-state index in [0.717, 1.165) is 29.2 Å². The summed E-state index contributed by atoms with van der Waals surface area (Å²) in [6.07, 6.45) is 0.814. The summed E-state index contributed by atoms with van der Waals surface area (Å²) in [6, 6.07) is 10.9. The number of nitrogens with zero attached hydrogens (tertiary/aromatic N) is 2. The molecule has 0 bridgehead atoms. The molecule has 41 heavy (non-hydrogen) atoms. The normalized spacial score (nSPS) is 15.5. The summed E-state index contributed by atoms with van der Waals surface area (Å²) in [5.74, 6) is -3.27. The Bertz CT molecular complexity index is 1710. The molecule has 3 amide bonds. The Morgan fingerprint density at radius 3 is 2.24 bits per heavy atom. The quantitative estimate of drug-likeness (QED) is 0.171. The number of rotatable bonds is 8. The van der Waals surface area contributed by atoms with Crippen LogP contribution < -0.4 is 10.2 Å². The average molecular weight is 584 g/mol. The predicted molar refractivity (Wildman–Crippen MR) is 138 cm³/mol. The molecule has 4 N–H and O–H groups in total. The molecule has 5 rings (SSSR count). The van der Waals surface area contributed by atoms with E-state index in [1.54, 1.807) is 18.2 Å². The van der Waals surface area contributed by atoms with Gasteiger partial charge in [-0.1, -0.05) is 12.1 Å². The van der Waals surface area contributed by atoms with Crippen LogP contribution in [0.25, 0.3) is 11.1 Å². The lowest BCUT2D eigenvalue weighted by Gasteiger charge is -2.16. The molecule has 0 saturated carbocycles. The first-order chi connectivity index (χ1) is 19.4. The van der Waals surface area contributed by atoms with Gasteiger partial charge in [0.2, 0.25) is 17.7 Å². The number of aromatic hydroxyl groups is 2. The summed E-state index contributed by atoms with van der Waals surface area (Å²) in [5, 5.41) is 22.0. The van der Waals surface area contributed by atoms with Gasteiger partial charge < -0.3 is 20.3 Å². The van der Waals surface area contributed by atoms with Crippen LogP contribution in [-0.2, 0) is 29.2 Å². The van der Waals surface area contributed by atoms with Crippen molar-refractivity contribution >= 4 is 39.7 Å². The van der Waals surface area contributed by atoms with Crippen LogP contribution in [0.2, 0.25) is 0 Å². The van der Waals surface area contributed by atoms with Crippen LogP contribution in [-0.4, -0.2) is 69.8 Å². The highest BCUT2D eigenvalue weighted by molar-refractivity contribution is 7.85. The minimum Gasteiger partial charge on any atom is -0.492 e. The molecule has 15 heteroatoms. The van der Waals surface area contributed by atoms with E-state index in [1.807, 2.05) is 0 Å². The van der Waals surface area contributed by atoms with E-state index in [2.05, 4.69) is 5.32 Å². The van der Waals surface area contributed by atoms with Gasteiger partial charge in [0.1, 0.15) is 6.61 Å². The molecular weight excluding hydrogens is 562 g/mol. The number of aromatic nitrogens is 1. The Morgan fingerprint density at radius 1 is 0.902 bits per heavy atom. The van der Waals surface area contributed by atoms with Crippen molar-refractivity contribution in [1.82, 2.24) is 9.63 Å². The highest BCUT2D eigenvalue weighted by Gasteiger charge is 2.32. The molecule has 1 atom stereocenters. The maximum Gasteiger partial charge on any atom is 0.534 e. The summed E-state index contributed by atoms with van der Waals surface area (Å²) in [7, 11) is -4.52. The molecule has 1 aliphatic heterocycles. The lowest BCUT2D eigenvalue weighted by atomic mass is 9.97. The van der Waals surface area contributed by atoms with Gasteiger partial charge >= 0.3 is 6.16 Å². The predicted octanol–water partition coefficient (Wildman–Crippen LogP) is 1.78. The highest BCUT2D eigenvalue weighted by Crippen LogP contribution is 2.46. The van der Waals surface area contributed by atoms with Gasteiger partial charge in [-0.3, -0.25) is 28.7 Å². The molecule has 1 aromatic heterocycles. The number of nitrogens with one attached hydrogen (secondary N) is 1. The van der Waals surface area contributed by atoms with Gasteiger partial charge in [-0.25, -0.2) is 4.79 Å². The number of fused-ring (bicyclic) bond motifs is 3. The molecule has 1 aliphatic carbocycles. The van der Waals surface area contributed by atoms with Gasteiger partial charge in [0.05, 0.1) is 4.90 Å². The topological polar surface area (TPSA) is 202 Å². The molecular formula is C26H21N3O11S. The summed E-state index contributed by atoms with van der Waals surface area (Å²) in [6.45, 7) is -0.438. The number of carbonyl (C=O) groups excluding carboxylic acids is 4. The fraction of sp³-hybridized carbons (Fsp3) is 0.154. The Balaban J connectivity index is 1.37. The Hall–Kier alpha value is -5.15. The minimum absolute atomic E-state index is 0.115. The molecule has 3 aromatic rings. The lowest BCUT2D eigenvalue weighted by molar-refractivity contribution is -0.137. The largest absolute Gasteiger partial charge is 0.534 e. The summed E-state index contributed by atoms with van der Waals surface area (Å²) in [4.78, 5) is 53.7. The van der Waals surface area contributed by atoms with Crippen LogP contribution in [0.1, 0.15) is 23.5 Å². The zero-order valence-electron chi connectivity index (χ0n) is 20.9.